The van der Waals surface area contributed by atoms with Gasteiger partial charge in [0, 0.05) is 17.8 Å². The molecule has 86 valence electrons. The average Bonchev–Trinajstić information content (AvgIpc) is 2.33. The number of anilines is 1. The number of nitrogen functional groups attached to an aromatic ring is 1. The molecule has 17 heavy (non-hydrogen) atoms. The van der Waals surface area contributed by atoms with Gasteiger partial charge < -0.3 is 10.5 Å². The lowest BCUT2D eigenvalue weighted by atomic mass is 10.1. The molecule has 4 heteroatoms. The van der Waals surface area contributed by atoms with E-state index in [0.29, 0.717) is 22.7 Å². The first kappa shape index (κ1) is 11.1. The zero-order chi connectivity index (χ0) is 12.3. The summed E-state index contributed by atoms with van der Waals surface area (Å²) in [6.07, 6.45) is 3.13. The molecule has 0 amide bonds. The number of hydrogen-bond donors (Lipinski definition) is 1. The van der Waals surface area contributed by atoms with Crippen LogP contribution in [0.4, 0.5) is 5.69 Å². The zero-order valence-corrected chi connectivity index (χ0v) is 9.38. The SMILES string of the molecule is CC(=O)c1ccc(Oc2ccncc2N)cc1. The average molecular weight is 228 g/mol. The predicted molar refractivity (Wildman–Crippen MR) is 65.2 cm³/mol. The van der Waals surface area contributed by atoms with Crippen LogP contribution in [0.2, 0.25) is 0 Å². The molecular weight excluding hydrogens is 216 g/mol. The third-order valence-corrected chi connectivity index (χ3v) is 2.30. The predicted octanol–water partition coefficient (Wildman–Crippen LogP) is 2.66. The molecular formula is C13H12N2O2. The fourth-order valence-electron chi connectivity index (χ4n) is 1.37. The highest BCUT2D eigenvalue weighted by Crippen LogP contribution is 2.26. The van der Waals surface area contributed by atoms with Gasteiger partial charge >= 0.3 is 0 Å². The van der Waals surface area contributed by atoms with E-state index in [1.807, 2.05) is 0 Å². The van der Waals surface area contributed by atoms with E-state index in [9.17, 15) is 4.79 Å². The van der Waals surface area contributed by atoms with E-state index in [2.05, 4.69) is 4.98 Å². The van der Waals surface area contributed by atoms with Gasteiger partial charge in [0.05, 0.1) is 11.9 Å². The Morgan fingerprint density at radius 2 is 1.94 bits per heavy atom. The Bertz CT molecular complexity index is 535. The molecule has 0 aliphatic rings. The molecule has 0 spiro atoms. The van der Waals surface area contributed by atoms with Gasteiger partial charge in [-0.3, -0.25) is 9.78 Å². The fourth-order valence-corrected chi connectivity index (χ4v) is 1.37. The first-order valence-corrected chi connectivity index (χ1v) is 5.15. The van der Waals surface area contributed by atoms with Crippen LogP contribution < -0.4 is 10.5 Å². The minimum atomic E-state index is 0.0278. The molecule has 2 aromatic rings. The summed E-state index contributed by atoms with van der Waals surface area (Å²) >= 11 is 0. The van der Waals surface area contributed by atoms with Crippen LogP contribution in [0.5, 0.6) is 11.5 Å². The van der Waals surface area contributed by atoms with Crippen molar-refractivity contribution in [1.82, 2.24) is 4.98 Å². The van der Waals surface area contributed by atoms with Crippen LogP contribution in [-0.2, 0) is 0 Å². The summed E-state index contributed by atoms with van der Waals surface area (Å²) in [4.78, 5) is 15.0. The minimum absolute atomic E-state index is 0.0278. The Morgan fingerprint density at radius 3 is 2.53 bits per heavy atom. The highest BCUT2D eigenvalue weighted by Gasteiger charge is 2.03. The highest BCUT2D eigenvalue weighted by atomic mass is 16.5. The third-order valence-electron chi connectivity index (χ3n) is 2.30. The summed E-state index contributed by atoms with van der Waals surface area (Å²) in [5, 5.41) is 0. The standard InChI is InChI=1S/C13H12N2O2/c1-9(16)10-2-4-11(5-3-10)17-13-6-7-15-8-12(13)14/h2-8H,14H2,1H3. The number of ether oxygens (including phenoxy) is 1. The maximum absolute atomic E-state index is 11.1. The molecule has 4 nitrogen and oxygen atoms in total. The van der Waals surface area contributed by atoms with Crippen LogP contribution in [0.15, 0.2) is 42.7 Å². The molecule has 1 aromatic carbocycles. The number of ketones is 1. The number of Topliss-reactive ketones (excluding diaryl/α,β-unsaturated/α-hetero) is 1. The second-order valence-corrected chi connectivity index (χ2v) is 3.60. The number of nitrogens with zero attached hydrogens (tertiary/aromatic N) is 1. The lowest BCUT2D eigenvalue weighted by Gasteiger charge is -2.07. The van der Waals surface area contributed by atoms with Gasteiger partial charge in [-0.2, -0.15) is 0 Å². The molecule has 0 radical (unpaired) electrons. The minimum Gasteiger partial charge on any atom is -0.455 e. The van der Waals surface area contributed by atoms with Crippen LogP contribution in [-0.4, -0.2) is 10.8 Å². The molecule has 0 aliphatic carbocycles. The normalized spacial score (nSPS) is 9.94. The van der Waals surface area contributed by atoms with Crippen LogP contribution in [0.1, 0.15) is 17.3 Å². The third kappa shape index (κ3) is 2.60. The van der Waals surface area contributed by atoms with Crippen molar-refractivity contribution in [1.29, 1.82) is 0 Å². The summed E-state index contributed by atoms with van der Waals surface area (Å²) in [5.41, 5.74) is 6.83. The summed E-state index contributed by atoms with van der Waals surface area (Å²) in [5.74, 6) is 1.21. The highest BCUT2D eigenvalue weighted by molar-refractivity contribution is 5.94. The second-order valence-electron chi connectivity index (χ2n) is 3.60. The first-order chi connectivity index (χ1) is 8.16. The molecule has 0 unspecified atom stereocenters. The second kappa shape index (κ2) is 4.65. The molecule has 0 bridgehead atoms. The van der Waals surface area contributed by atoms with Crippen molar-refractivity contribution in [3.63, 3.8) is 0 Å². The number of aromatic nitrogens is 1. The maximum atomic E-state index is 11.1. The number of carbonyl (C=O) groups excluding carboxylic acids is 1. The Morgan fingerprint density at radius 1 is 1.24 bits per heavy atom. The fraction of sp³-hybridized carbons (Fsp3) is 0.0769. The van der Waals surface area contributed by atoms with E-state index >= 15 is 0 Å². The quantitative estimate of drug-likeness (QED) is 0.820. The van der Waals surface area contributed by atoms with Crippen molar-refractivity contribution in [2.45, 2.75) is 6.92 Å². The topological polar surface area (TPSA) is 65.2 Å². The van der Waals surface area contributed by atoms with Gasteiger partial charge in [0.15, 0.2) is 11.5 Å². The van der Waals surface area contributed by atoms with Crippen LogP contribution in [0.25, 0.3) is 0 Å². The zero-order valence-electron chi connectivity index (χ0n) is 9.38. The Kier molecular flexibility index (Phi) is 3.05. The van der Waals surface area contributed by atoms with E-state index in [-0.39, 0.29) is 5.78 Å². The number of nitrogens with two attached hydrogens (primary N) is 1. The summed E-state index contributed by atoms with van der Waals surface area (Å²) in [6.45, 7) is 1.52. The molecule has 0 aliphatic heterocycles. The van der Waals surface area contributed by atoms with E-state index in [0.717, 1.165) is 0 Å². The van der Waals surface area contributed by atoms with Crippen molar-refractivity contribution in [2.75, 3.05) is 5.73 Å². The van der Waals surface area contributed by atoms with Gasteiger partial charge in [-0.15, -0.1) is 0 Å². The van der Waals surface area contributed by atoms with Gasteiger partial charge in [-0.25, -0.2) is 0 Å². The molecule has 0 saturated carbocycles. The van der Waals surface area contributed by atoms with E-state index in [4.69, 9.17) is 10.5 Å². The Balaban J connectivity index is 2.20. The summed E-state index contributed by atoms with van der Waals surface area (Å²) in [7, 11) is 0. The van der Waals surface area contributed by atoms with Crippen molar-refractivity contribution in [2.24, 2.45) is 0 Å². The van der Waals surface area contributed by atoms with E-state index in [1.54, 1.807) is 36.5 Å². The van der Waals surface area contributed by atoms with E-state index < -0.39 is 0 Å². The van der Waals surface area contributed by atoms with Gasteiger partial charge in [0.25, 0.3) is 0 Å². The van der Waals surface area contributed by atoms with Crippen molar-refractivity contribution in [3.05, 3.63) is 48.3 Å². The maximum Gasteiger partial charge on any atom is 0.159 e. The van der Waals surface area contributed by atoms with Gasteiger partial charge in [0.1, 0.15) is 5.75 Å². The van der Waals surface area contributed by atoms with Crippen molar-refractivity contribution in [3.8, 4) is 11.5 Å². The van der Waals surface area contributed by atoms with Crippen LogP contribution in [0.3, 0.4) is 0 Å². The first-order valence-electron chi connectivity index (χ1n) is 5.15. The van der Waals surface area contributed by atoms with Crippen LogP contribution in [0, 0.1) is 0 Å². The largest absolute Gasteiger partial charge is 0.455 e. The van der Waals surface area contributed by atoms with Crippen molar-refractivity contribution >= 4 is 11.5 Å². The molecule has 0 saturated heterocycles. The summed E-state index contributed by atoms with van der Waals surface area (Å²) in [6, 6.07) is 8.59. The van der Waals surface area contributed by atoms with Gasteiger partial charge in [-0.05, 0) is 31.2 Å². The molecule has 2 N–H and O–H groups in total. The molecule has 0 fully saturated rings. The lowest BCUT2D eigenvalue weighted by molar-refractivity contribution is 0.101. The van der Waals surface area contributed by atoms with Crippen LogP contribution >= 0.6 is 0 Å². The number of hydrogen-bond acceptors (Lipinski definition) is 4. The Hall–Kier alpha value is -2.36. The smallest absolute Gasteiger partial charge is 0.159 e. The van der Waals surface area contributed by atoms with Crippen molar-refractivity contribution < 1.29 is 9.53 Å². The summed E-state index contributed by atoms with van der Waals surface area (Å²) < 4.78 is 5.57. The molecule has 1 heterocycles. The number of benzene rings is 1. The molecule has 1 aromatic heterocycles. The number of pyridine rings is 1. The lowest BCUT2D eigenvalue weighted by Crippen LogP contribution is -1.94. The van der Waals surface area contributed by atoms with Gasteiger partial charge in [-0.1, -0.05) is 0 Å². The van der Waals surface area contributed by atoms with Gasteiger partial charge in [0.2, 0.25) is 0 Å². The van der Waals surface area contributed by atoms with E-state index in [1.165, 1.54) is 13.1 Å². The molecule has 2 rings (SSSR count). The Labute approximate surface area is 99.1 Å². The molecule has 0 atom stereocenters. The number of rotatable bonds is 3. The number of carbonyl (C=O) groups is 1. The monoisotopic (exact) mass is 228 g/mol.